The molecule has 3 nitrogen and oxygen atoms in total. The fourth-order valence-corrected chi connectivity index (χ4v) is 2.73. The molecular formula is C12H15Br2NO2. The largest absolute Gasteiger partial charge is 0.495 e. The SMILES string of the molecule is COc1c(Br)cc(Br)cc1C(=O)NC(C)(C)C. The summed E-state index contributed by atoms with van der Waals surface area (Å²) in [6, 6.07) is 3.58. The third-order valence-corrected chi connectivity index (χ3v) is 2.99. The lowest BCUT2D eigenvalue weighted by atomic mass is 10.1. The first-order valence-corrected chi connectivity index (χ1v) is 6.69. The van der Waals surface area contributed by atoms with Crippen LogP contribution in [0.1, 0.15) is 31.1 Å². The molecule has 0 fully saturated rings. The lowest BCUT2D eigenvalue weighted by molar-refractivity contribution is 0.0916. The number of halogens is 2. The highest BCUT2D eigenvalue weighted by Gasteiger charge is 2.20. The van der Waals surface area contributed by atoms with Crippen LogP contribution in [0.15, 0.2) is 21.1 Å². The standard InChI is InChI=1S/C12H15Br2NO2/c1-12(2,3)15-11(16)8-5-7(13)6-9(14)10(8)17-4/h5-6H,1-4H3,(H,15,16). The molecule has 0 aromatic heterocycles. The lowest BCUT2D eigenvalue weighted by Gasteiger charge is -2.21. The van der Waals surface area contributed by atoms with Crippen LogP contribution in [0.5, 0.6) is 5.75 Å². The van der Waals surface area contributed by atoms with E-state index in [0.29, 0.717) is 11.3 Å². The Balaban J connectivity index is 3.16. The Labute approximate surface area is 118 Å². The van der Waals surface area contributed by atoms with Crippen molar-refractivity contribution < 1.29 is 9.53 Å². The number of amides is 1. The molecule has 0 radical (unpaired) electrons. The zero-order valence-electron chi connectivity index (χ0n) is 10.2. The van der Waals surface area contributed by atoms with Gasteiger partial charge in [-0.2, -0.15) is 0 Å². The number of carbonyl (C=O) groups excluding carboxylic acids is 1. The van der Waals surface area contributed by atoms with Crippen LogP contribution in [0, 0.1) is 0 Å². The highest BCUT2D eigenvalue weighted by molar-refractivity contribution is 9.11. The van der Waals surface area contributed by atoms with Crippen LogP contribution in [-0.2, 0) is 0 Å². The molecule has 1 aromatic rings. The molecule has 0 aliphatic rings. The number of carbonyl (C=O) groups is 1. The van der Waals surface area contributed by atoms with Gasteiger partial charge in [0, 0.05) is 10.0 Å². The van der Waals surface area contributed by atoms with Crippen LogP contribution in [0.2, 0.25) is 0 Å². The Morgan fingerprint density at radius 1 is 1.29 bits per heavy atom. The molecule has 1 aromatic carbocycles. The molecule has 0 saturated heterocycles. The van der Waals surface area contributed by atoms with Crippen molar-refractivity contribution in [1.82, 2.24) is 5.32 Å². The smallest absolute Gasteiger partial charge is 0.255 e. The van der Waals surface area contributed by atoms with E-state index in [2.05, 4.69) is 37.2 Å². The van der Waals surface area contributed by atoms with E-state index in [4.69, 9.17) is 4.74 Å². The average molecular weight is 365 g/mol. The molecule has 94 valence electrons. The third kappa shape index (κ3) is 4.00. The second kappa shape index (κ2) is 5.40. The van der Waals surface area contributed by atoms with Crippen LogP contribution < -0.4 is 10.1 Å². The second-order valence-electron chi connectivity index (χ2n) is 4.67. The monoisotopic (exact) mass is 363 g/mol. The van der Waals surface area contributed by atoms with Crippen molar-refractivity contribution in [3.8, 4) is 5.75 Å². The maximum absolute atomic E-state index is 12.1. The molecule has 1 rings (SSSR count). The number of rotatable bonds is 2. The van der Waals surface area contributed by atoms with Crippen molar-refractivity contribution in [2.75, 3.05) is 7.11 Å². The summed E-state index contributed by atoms with van der Waals surface area (Å²) >= 11 is 6.73. The minimum atomic E-state index is -0.281. The van der Waals surface area contributed by atoms with Gasteiger partial charge in [-0.1, -0.05) is 15.9 Å². The van der Waals surface area contributed by atoms with Gasteiger partial charge in [0.25, 0.3) is 5.91 Å². The molecule has 0 heterocycles. The summed E-state index contributed by atoms with van der Waals surface area (Å²) in [5.74, 6) is 0.381. The Bertz CT molecular complexity index is 439. The molecule has 0 spiro atoms. The highest BCUT2D eigenvalue weighted by Crippen LogP contribution is 2.32. The van der Waals surface area contributed by atoms with Gasteiger partial charge in [0.2, 0.25) is 0 Å². The summed E-state index contributed by atoms with van der Waals surface area (Å²) in [5.41, 5.74) is 0.223. The molecule has 5 heteroatoms. The van der Waals surface area contributed by atoms with Crippen LogP contribution in [0.25, 0.3) is 0 Å². The number of nitrogens with one attached hydrogen (secondary N) is 1. The zero-order chi connectivity index (χ0) is 13.2. The first-order chi connectivity index (χ1) is 7.74. The highest BCUT2D eigenvalue weighted by atomic mass is 79.9. The zero-order valence-corrected chi connectivity index (χ0v) is 13.4. The van der Waals surface area contributed by atoms with Crippen molar-refractivity contribution in [3.05, 3.63) is 26.6 Å². The summed E-state index contributed by atoms with van der Waals surface area (Å²) in [5, 5.41) is 2.90. The predicted octanol–water partition coefficient (Wildman–Crippen LogP) is 3.75. The Morgan fingerprint density at radius 3 is 2.35 bits per heavy atom. The first kappa shape index (κ1) is 14.5. The normalized spacial score (nSPS) is 11.2. The minimum absolute atomic E-state index is 0.156. The summed E-state index contributed by atoms with van der Waals surface area (Å²) < 4.78 is 6.81. The van der Waals surface area contributed by atoms with Gasteiger partial charge in [0.15, 0.2) is 0 Å². The molecule has 0 atom stereocenters. The van der Waals surface area contributed by atoms with Gasteiger partial charge in [-0.25, -0.2) is 0 Å². The molecule has 0 unspecified atom stereocenters. The van der Waals surface area contributed by atoms with Crippen molar-refractivity contribution in [2.24, 2.45) is 0 Å². The van der Waals surface area contributed by atoms with E-state index in [0.717, 1.165) is 8.95 Å². The van der Waals surface area contributed by atoms with Crippen molar-refractivity contribution in [2.45, 2.75) is 26.3 Å². The Hall–Kier alpha value is -0.550. The average Bonchev–Trinajstić information content (AvgIpc) is 2.13. The maximum Gasteiger partial charge on any atom is 0.255 e. The molecule has 1 amide bonds. The third-order valence-electron chi connectivity index (χ3n) is 1.95. The van der Waals surface area contributed by atoms with Gasteiger partial charge < -0.3 is 10.1 Å². The van der Waals surface area contributed by atoms with E-state index in [9.17, 15) is 4.79 Å². The summed E-state index contributed by atoms with van der Waals surface area (Å²) in [6.07, 6.45) is 0. The second-order valence-corrected chi connectivity index (χ2v) is 6.44. The van der Waals surface area contributed by atoms with Crippen molar-refractivity contribution in [3.63, 3.8) is 0 Å². The van der Waals surface area contributed by atoms with Crippen LogP contribution in [-0.4, -0.2) is 18.6 Å². The van der Waals surface area contributed by atoms with Gasteiger partial charge in [-0.05, 0) is 48.8 Å². The Morgan fingerprint density at radius 2 is 1.88 bits per heavy atom. The topological polar surface area (TPSA) is 38.3 Å². The van der Waals surface area contributed by atoms with Crippen LogP contribution in [0.4, 0.5) is 0 Å². The minimum Gasteiger partial charge on any atom is -0.495 e. The fraction of sp³-hybridized carbons (Fsp3) is 0.417. The van der Waals surface area contributed by atoms with E-state index in [1.807, 2.05) is 26.8 Å². The quantitative estimate of drug-likeness (QED) is 0.867. The summed E-state index contributed by atoms with van der Waals surface area (Å²) in [7, 11) is 1.54. The van der Waals surface area contributed by atoms with Gasteiger partial charge in [-0.15, -0.1) is 0 Å². The number of ether oxygens (including phenoxy) is 1. The van der Waals surface area contributed by atoms with Crippen LogP contribution in [0.3, 0.4) is 0 Å². The number of methoxy groups -OCH3 is 1. The summed E-state index contributed by atoms with van der Waals surface area (Å²) in [6.45, 7) is 5.80. The maximum atomic E-state index is 12.1. The van der Waals surface area contributed by atoms with E-state index in [-0.39, 0.29) is 11.4 Å². The van der Waals surface area contributed by atoms with Gasteiger partial charge >= 0.3 is 0 Å². The summed E-state index contributed by atoms with van der Waals surface area (Å²) in [4.78, 5) is 12.1. The molecule has 0 bridgehead atoms. The van der Waals surface area contributed by atoms with E-state index < -0.39 is 0 Å². The van der Waals surface area contributed by atoms with Crippen molar-refractivity contribution in [1.29, 1.82) is 0 Å². The molecule has 0 aliphatic carbocycles. The van der Waals surface area contributed by atoms with E-state index >= 15 is 0 Å². The number of benzene rings is 1. The van der Waals surface area contributed by atoms with E-state index in [1.54, 1.807) is 13.2 Å². The number of hydrogen-bond donors (Lipinski definition) is 1. The number of hydrogen-bond acceptors (Lipinski definition) is 2. The predicted molar refractivity (Wildman–Crippen MR) is 75.6 cm³/mol. The molecular weight excluding hydrogens is 350 g/mol. The van der Waals surface area contributed by atoms with Gasteiger partial charge in [0.05, 0.1) is 17.1 Å². The first-order valence-electron chi connectivity index (χ1n) is 5.10. The van der Waals surface area contributed by atoms with Crippen LogP contribution >= 0.6 is 31.9 Å². The lowest BCUT2D eigenvalue weighted by Crippen LogP contribution is -2.40. The molecule has 0 saturated carbocycles. The van der Waals surface area contributed by atoms with Gasteiger partial charge in [0.1, 0.15) is 5.75 Å². The van der Waals surface area contributed by atoms with E-state index in [1.165, 1.54) is 0 Å². The van der Waals surface area contributed by atoms with Gasteiger partial charge in [-0.3, -0.25) is 4.79 Å². The fourth-order valence-electron chi connectivity index (χ4n) is 1.34. The molecule has 17 heavy (non-hydrogen) atoms. The van der Waals surface area contributed by atoms with Crippen molar-refractivity contribution >= 4 is 37.8 Å². The Kier molecular flexibility index (Phi) is 4.61. The molecule has 1 N–H and O–H groups in total. The molecule has 0 aliphatic heterocycles.